The van der Waals surface area contributed by atoms with Crippen LogP contribution < -0.4 is 10.5 Å². The molecule has 0 aliphatic rings. The molecule has 1 rings (SSSR count). The number of benzene rings is 1. The van der Waals surface area contributed by atoms with Crippen molar-refractivity contribution in [3.05, 3.63) is 23.8 Å². The van der Waals surface area contributed by atoms with Crippen molar-refractivity contribution in [1.29, 1.82) is 0 Å². The summed E-state index contributed by atoms with van der Waals surface area (Å²) in [7, 11) is 0. The Kier molecular flexibility index (Phi) is 3.60. The fraction of sp³-hybridized carbons (Fsp3) is 0.300. The summed E-state index contributed by atoms with van der Waals surface area (Å²) in [6.07, 6.45) is 0.0579. The maximum absolute atomic E-state index is 12.0. The summed E-state index contributed by atoms with van der Waals surface area (Å²) in [5.41, 5.74) is 6.16. The topological polar surface area (TPSA) is 52.3 Å². The molecule has 82 valence electrons. The number of alkyl halides is 2. The Labute approximate surface area is 85.8 Å². The predicted molar refractivity (Wildman–Crippen MR) is 51.9 cm³/mol. The molecule has 0 heterocycles. The van der Waals surface area contributed by atoms with E-state index in [9.17, 15) is 13.6 Å². The van der Waals surface area contributed by atoms with E-state index in [0.717, 1.165) is 0 Å². The SMILES string of the molecule is CC(=O)Cc1ccc(N)cc1OC(F)F. The summed E-state index contributed by atoms with van der Waals surface area (Å²) in [6, 6.07) is 4.33. The van der Waals surface area contributed by atoms with Crippen LogP contribution in [0, 0.1) is 0 Å². The molecule has 0 amide bonds. The van der Waals surface area contributed by atoms with Gasteiger partial charge in [-0.15, -0.1) is 0 Å². The fourth-order valence-corrected chi connectivity index (χ4v) is 1.19. The summed E-state index contributed by atoms with van der Waals surface area (Å²) in [5, 5.41) is 0. The van der Waals surface area contributed by atoms with Crippen molar-refractivity contribution in [3.63, 3.8) is 0 Å². The number of anilines is 1. The van der Waals surface area contributed by atoms with Gasteiger partial charge in [-0.25, -0.2) is 0 Å². The number of nitrogen functional groups attached to an aromatic ring is 1. The Morgan fingerprint density at radius 1 is 1.53 bits per heavy atom. The average molecular weight is 215 g/mol. The monoisotopic (exact) mass is 215 g/mol. The number of Topliss-reactive ketones (excluding diaryl/α,β-unsaturated/α-hetero) is 1. The molecule has 0 radical (unpaired) electrons. The lowest BCUT2D eigenvalue weighted by atomic mass is 10.1. The molecule has 0 spiro atoms. The van der Waals surface area contributed by atoms with Gasteiger partial charge in [-0.3, -0.25) is 4.79 Å². The van der Waals surface area contributed by atoms with Crippen LogP contribution in [0.25, 0.3) is 0 Å². The van der Waals surface area contributed by atoms with E-state index in [4.69, 9.17) is 5.73 Å². The minimum absolute atomic E-state index is 0.0415. The van der Waals surface area contributed by atoms with Crippen LogP contribution in [0.15, 0.2) is 18.2 Å². The number of hydrogen-bond acceptors (Lipinski definition) is 3. The number of halogens is 2. The molecule has 1 aromatic carbocycles. The van der Waals surface area contributed by atoms with Gasteiger partial charge in [0.2, 0.25) is 0 Å². The first-order valence-electron chi connectivity index (χ1n) is 4.31. The minimum Gasteiger partial charge on any atom is -0.434 e. The molecule has 0 fully saturated rings. The average Bonchev–Trinajstić information content (AvgIpc) is 2.08. The summed E-state index contributed by atoms with van der Waals surface area (Å²) < 4.78 is 28.3. The maximum atomic E-state index is 12.0. The van der Waals surface area contributed by atoms with Crippen LogP contribution in [0.2, 0.25) is 0 Å². The molecule has 5 heteroatoms. The lowest BCUT2D eigenvalue weighted by Gasteiger charge is -2.10. The van der Waals surface area contributed by atoms with Crippen LogP contribution in [0.3, 0.4) is 0 Å². The zero-order valence-corrected chi connectivity index (χ0v) is 8.17. The summed E-state index contributed by atoms with van der Waals surface area (Å²) in [5.74, 6) is -0.168. The van der Waals surface area contributed by atoms with Crippen molar-refractivity contribution in [2.24, 2.45) is 0 Å². The van der Waals surface area contributed by atoms with Crippen LogP contribution in [0.4, 0.5) is 14.5 Å². The third-order valence-corrected chi connectivity index (χ3v) is 1.75. The highest BCUT2D eigenvalue weighted by Crippen LogP contribution is 2.24. The smallest absolute Gasteiger partial charge is 0.387 e. The second kappa shape index (κ2) is 4.72. The van der Waals surface area contributed by atoms with Gasteiger partial charge in [-0.2, -0.15) is 8.78 Å². The number of hydrogen-bond donors (Lipinski definition) is 1. The third-order valence-electron chi connectivity index (χ3n) is 1.75. The number of ketones is 1. The molecular formula is C10H11F2NO2. The zero-order chi connectivity index (χ0) is 11.4. The van der Waals surface area contributed by atoms with Crippen LogP contribution in [0.1, 0.15) is 12.5 Å². The predicted octanol–water partition coefficient (Wildman–Crippen LogP) is 2.00. The van der Waals surface area contributed by atoms with E-state index >= 15 is 0 Å². The normalized spacial score (nSPS) is 10.4. The number of carbonyl (C=O) groups is 1. The van der Waals surface area contributed by atoms with Crippen molar-refractivity contribution in [1.82, 2.24) is 0 Å². The standard InChI is InChI=1S/C10H11F2NO2/c1-6(14)4-7-2-3-8(13)5-9(7)15-10(11)12/h2-3,5,10H,4,13H2,1H3. The number of ether oxygens (including phenoxy) is 1. The number of nitrogens with two attached hydrogens (primary N) is 1. The van der Waals surface area contributed by atoms with Crippen molar-refractivity contribution in [2.45, 2.75) is 20.0 Å². The summed E-state index contributed by atoms with van der Waals surface area (Å²) in [4.78, 5) is 10.9. The minimum atomic E-state index is -2.92. The van der Waals surface area contributed by atoms with Gasteiger partial charge >= 0.3 is 6.61 Å². The van der Waals surface area contributed by atoms with Gasteiger partial charge in [0.15, 0.2) is 0 Å². The number of carbonyl (C=O) groups excluding carboxylic acids is 1. The Morgan fingerprint density at radius 3 is 2.73 bits per heavy atom. The van der Waals surface area contributed by atoms with E-state index in [1.165, 1.54) is 25.1 Å². The Balaban J connectivity index is 2.97. The molecule has 0 aliphatic heterocycles. The molecule has 0 saturated carbocycles. The highest BCUT2D eigenvalue weighted by molar-refractivity contribution is 5.79. The van der Waals surface area contributed by atoms with E-state index in [1.54, 1.807) is 0 Å². The van der Waals surface area contributed by atoms with E-state index in [2.05, 4.69) is 4.74 Å². The quantitative estimate of drug-likeness (QED) is 0.781. The molecule has 0 aromatic heterocycles. The molecule has 0 unspecified atom stereocenters. The molecular weight excluding hydrogens is 204 g/mol. The molecule has 2 N–H and O–H groups in total. The van der Waals surface area contributed by atoms with Crippen LogP contribution in [-0.4, -0.2) is 12.4 Å². The van der Waals surface area contributed by atoms with Crippen LogP contribution in [0.5, 0.6) is 5.75 Å². The largest absolute Gasteiger partial charge is 0.434 e. The van der Waals surface area contributed by atoms with E-state index < -0.39 is 6.61 Å². The van der Waals surface area contributed by atoms with Gasteiger partial charge in [0.25, 0.3) is 0 Å². The maximum Gasteiger partial charge on any atom is 0.387 e. The van der Waals surface area contributed by atoms with Gasteiger partial charge in [-0.05, 0) is 13.0 Å². The first-order valence-corrected chi connectivity index (χ1v) is 4.31. The van der Waals surface area contributed by atoms with Crippen molar-refractivity contribution in [3.8, 4) is 5.75 Å². The van der Waals surface area contributed by atoms with Crippen LogP contribution >= 0.6 is 0 Å². The van der Waals surface area contributed by atoms with Gasteiger partial charge in [0, 0.05) is 23.7 Å². The highest BCUT2D eigenvalue weighted by Gasteiger charge is 2.11. The van der Waals surface area contributed by atoms with Gasteiger partial charge in [0.1, 0.15) is 11.5 Å². The molecule has 0 bridgehead atoms. The lowest BCUT2D eigenvalue weighted by molar-refractivity contribution is -0.116. The van der Waals surface area contributed by atoms with Crippen molar-refractivity contribution >= 4 is 11.5 Å². The molecule has 1 aromatic rings. The second-order valence-electron chi connectivity index (χ2n) is 3.12. The Morgan fingerprint density at radius 2 is 2.20 bits per heavy atom. The molecule has 15 heavy (non-hydrogen) atoms. The van der Waals surface area contributed by atoms with E-state index in [1.807, 2.05) is 0 Å². The first-order chi connectivity index (χ1) is 6.99. The summed E-state index contributed by atoms with van der Waals surface area (Å²) in [6.45, 7) is -1.54. The van der Waals surface area contributed by atoms with Gasteiger partial charge in [0.05, 0.1) is 0 Å². The summed E-state index contributed by atoms with van der Waals surface area (Å²) >= 11 is 0. The first kappa shape index (κ1) is 11.4. The van der Waals surface area contributed by atoms with Crippen molar-refractivity contribution < 1.29 is 18.3 Å². The molecule has 0 atom stereocenters. The fourth-order valence-electron chi connectivity index (χ4n) is 1.19. The Bertz CT molecular complexity index is 366. The van der Waals surface area contributed by atoms with Crippen molar-refractivity contribution in [2.75, 3.05) is 5.73 Å². The third kappa shape index (κ3) is 3.53. The van der Waals surface area contributed by atoms with Gasteiger partial charge in [-0.1, -0.05) is 6.07 Å². The van der Waals surface area contributed by atoms with Crippen LogP contribution in [-0.2, 0) is 11.2 Å². The highest BCUT2D eigenvalue weighted by atomic mass is 19.3. The van der Waals surface area contributed by atoms with E-state index in [-0.39, 0.29) is 18.0 Å². The number of rotatable bonds is 4. The Hall–Kier alpha value is -1.65. The molecule has 0 saturated heterocycles. The molecule has 0 aliphatic carbocycles. The zero-order valence-electron chi connectivity index (χ0n) is 8.17. The van der Waals surface area contributed by atoms with E-state index in [0.29, 0.717) is 11.3 Å². The lowest BCUT2D eigenvalue weighted by Crippen LogP contribution is -2.07. The second-order valence-corrected chi connectivity index (χ2v) is 3.12. The molecule has 3 nitrogen and oxygen atoms in total. The van der Waals surface area contributed by atoms with Gasteiger partial charge < -0.3 is 10.5 Å².